The molecular formula is C12H22N2O2. The number of carbonyl (C=O) groups is 1. The van der Waals surface area contributed by atoms with Gasteiger partial charge in [-0.3, -0.25) is 0 Å². The maximum absolute atomic E-state index is 12.0. The normalized spacial score (nSPS) is 33.2. The number of nitrogens with two attached hydrogens (primary N) is 1. The highest BCUT2D eigenvalue weighted by atomic mass is 16.6. The summed E-state index contributed by atoms with van der Waals surface area (Å²) in [4.78, 5) is 13.8. The number of nitrogens with zero attached hydrogens (tertiary/aromatic N) is 1. The van der Waals surface area contributed by atoms with E-state index in [1.807, 2.05) is 25.7 Å². The van der Waals surface area contributed by atoms with E-state index in [4.69, 9.17) is 10.5 Å². The van der Waals surface area contributed by atoms with Crippen LogP contribution in [0.4, 0.5) is 4.79 Å². The molecule has 1 saturated carbocycles. The van der Waals surface area contributed by atoms with E-state index in [0.717, 1.165) is 18.9 Å². The summed E-state index contributed by atoms with van der Waals surface area (Å²) in [5.74, 6) is 1.52. The molecule has 0 radical (unpaired) electrons. The lowest BCUT2D eigenvalue weighted by Gasteiger charge is -2.35. The van der Waals surface area contributed by atoms with Crippen LogP contribution in [0.25, 0.3) is 0 Å². The van der Waals surface area contributed by atoms with Crippen LogP contribution in [-0.4, -0.2) is 35.7 Å². The molecule has 2 unspecified atom stereocenters. The largest absolute Gasteiger partial charge is 0.444 e. The van der Waals surface area contributed by atoms with Crippen LogP contribution in [0.2, 0.25) is 0 Å². The average molecular weight is 226 g/mol. The quantitative estimate of drug-likeness (QED) is 0.738. The highest BCUT2D eigenvalue weighted by Gasteiger charge is 2.47. The van der Waals surface area contributed by atoms with Gasteiger partial charge in [-0.1, -0.05) is 0 Å². The second-order valence-electron chi connectivity index (χ2n) is 6.01. The van der Waals surface area contributed by atoms with E-state index >= 15 is 0 Å². The number of carbonyl (C=O) groups excluding carboxylic acids is 1. The molecule has 1 aliphatic carbocycles. The maximum atomic E-state index is 12.0. The summed E-state index contributed by atoms with van der Waals surface area (Å²) in [6.07, 6.45) is 2.12. The number of rotatable bonds is 1. The summed E-state index contributed by atoms with van der Waals surface area (Å²) in [5.41, 5.74) is 5.31. The van der Waals surface area contributed by atoms with Crippen molar-refractivity contribution in [1.29, 1.82) is 0 Å². The Kier molecular flexibility index (Phi) is 2.86. The van der Waals surface area contributed by atoms with E-state index in [0.29, 0.717) is 12.5 Å². The summed E-state index contributed by atoms with van der Waals surface area (Å²) >= 11 is 0. The van der Waals surface area contributed by atoms with Gasteiger partial charge in [0, 0.05) is 19.1 Å². The molecule has 1 amide bonds. The molecule has 0 aromatic heterocycles. The lowest BCUT2D eigenvalue weighted by Crippen LogP contribution is -2.50. The fraction of sp³-hybridized carbons (Fsp3) is 0.917. The van der Waals surface area contributed by atoms with Gasteiger partial charge in [0.25, 0.3) is 0 Å². The second-order valence-corrected chi connectivity index (χ2v) is 6.01. The minimum absolute atomic E-state index is 0.179. The Morgan fingerprint density at radius 2 is 2.06 bits per heavy atom. The van der Waals surface area contributed by atoms with Crippen LogP contribution >= 0.6 is 0 Å². The van der Waals surface area contributed by atoms with Crippen molar-refractivity contribution in [3.05, 3.63) is 0 Å². The molecule has 3 atom stereocenters. The first-order chi connectivity index (χ1) is 7.40. The van der Waals surface area contributed by atoms with Crippen LogP contribution in [0.5, 0.6) is 0 Å². The number of likely N-dealkylation sites (tertiary alicyclic amines) is 1. The molecule has 0 aromatic rings. The summed E-state index contributed by atoms with van der Waals surface area (Å²) < 4.78 is 5.41. The molecule has 2 aliphatic rings. The van der Waals surface area contributed by atoms with Gasteiger partial charge in [-0.25, -0.2) is 4.79 Å². The molecular weight excluding hydrogens is 204 g/mol. The van der Waals surface area contributed by atoms with Crippen LogP contribution in [-0.2, 0) is 4.74 Å². The second kappa shape index (κ2) is 3.91. The van der Waals surface area contributed by atoms with Crippen molar-refractivity contribution in [2.24, 2.45) is 17.6 Å². The number of amides is 1. The molecule has 92 valence electrons. The number of piperidine rings is 1. The Labute approximate surface area is 97.1 Å². The fourth-order valence-electron chi connectivity index (χ4n) is 2.47. The molecule has 4 heteroatoms. The van der Waals surface area contributed by atoms with Gasteiger partial charge in [0.1, 0.15) is 5.60 Å². The molecule has 0 spiro atoms. The number of hydrogen-bond donors (Lipinski definition) is 1. The zero-order valence-corrected chi connectivity index (χ0v) is 10.4. The zero-order chi connectivity index (χ0) is 11.9. The Bertz CT molecular complexity index is 285. The maximum Gasteiger partial charge on any atom is 0.410 e. The SMILES string of the molecule is CC(C)(C)OC(=O)N1C[C@@H]2CC2CC1CN. The van der Waals surface area contributed by atoms with Gasteiger partial charge in [0.05, 0.1) is 0 Å². The molecule has 2 fully saturated rings. The lowest BCUT2D eigenvalue weighted by atomic mass is 10.0. The first kappa shape index (κ1) is 11.7. The predicted octanol–water partition coefficient (Wildman–Crippen LogP) is 1.59. The summed E-state index contributed by atoms with van der Waals surface area (Å²) in [7, 11) is 0. The van der Waals surface area contributed by atoms with E-state index in [1.54, 1.807) is 0 Å². The van der Waals surface area contributed by atoms with Gasteiger partial charge in [-0.05, 0) is 45.4 Å². The van der Waals surface area contributed by atoms with Crippen molar-refractivity contribution >= 4 is 6.09 Å². The zero-order valence-electron chi connectivity index (χ0n) is 10.4. The first-order valence-corrected chi connectivity index (χ1v) is 6.10. The Morgan fingerprint density at radius 1 is 1.38 bits per heavy atom. The van der Waals surface area contributed by atoms with Crippen molar-refractivity contribution in [3.8, 4) is 0 Å². The highest BCUT2D eigenvalue weighted by Crippen LogP contribution is 2.47. The number of hydrogen-bond acceptors (Lipinski definition) is 3. The van der Waals surface area contributed by atoms with Crippen LogP contribution in [0.15, 0.2) is 0 Å². The Morgan fingerprint density at radius 3 is 2.62 bits per heavy atom. The molecule has 1 aliphatic heterocycles. The molecule has 1 saturated heterocycles. The summed E-state index contributed by atoms with van der Waals surface area (Å²) in [5, 5.41) is 0. The lowest BCUT2D eigenvalue weighted by molar-refractivity contribution is 0.00975. The minimum atomic E-state index is -0.420. The third-order valence-corrected chi connectivity index (χ3v) is 3.42. The van der Waals surface area contributed by atoms with Gasteiger partial charge in [0.15, 0.2) is 0 Å². The molecule has 4 nitrogen and oxygen atoms in total. The van der Waals surface area contributed by atoms with Gasteiger partial charge in [0.2, 0.25) is 0 Å². The van der Waals surface area contributed by atoms with Crippen molar-refractivity contribution in [1.82, 2.24) is 4.90 Å². The van der Waals surface area contributed by atoms with Gasteiger partial charge < -0.3 is 15.4 Å². The van der Waals surface area contributed by atoms with Gasteiger partial charge >= 0.3 is 6.09 Å². The van der Waals surface area contributed by atoms with E-state index < -0.39 is 5.60 Å². The van der Waals surface area contributed by atoms with Crippen LogP contribution in [0, 0.1) is 11.8 Å². The number of fused-ring (bicyclic) bond motifs is 1. The monoisotopic (exact) mass is 226 g/mol. The Hall–Kier alpha value is -0.770. The molecule has 2 N–H and O–H groups in total. The van der Waals surface area contributed by atoms with Crippen molar-refractivity contribution in [3.63, 3.8) is 0 Å². The Balaban J connectivity index is 1.98. The van der Waals surface area contributed by atoms with Crippen molar-refractivity contribution in [2.75, 3.05) is 13.1 Å². The molecule has 0 bridgehead atoms. The van der Waals surface area contributed by atoms with Gasteiger partial charge in [-0.15, -0.1) is 0 Å². The van der Waals surface area contributed by atoms with Crippen molar-refractivity contribution < 1.29 is 9.53 Å². The van der Waals surface area contributed by atoms with E-state index in [-0.39, 0.29) is 12.1 Å². The number of ether oxygens (including phenoxy) is 1. The summed E-state index contributed by atoms with van der Waals surface area (Å²) in [6, 6.07) is 0.179. The average Bonchev–Trinajstić information content (AvgIpc) is 2.90. The van der Waals surface area contributed by atoms with Crippen LogP contribution in [0.1, 0.15) is 33.6 Å². The van der Waals surface area contributed by atoms with E-state index in [1.165, 1.54) is 6.42 Å². The van der Waals surface area contributed by atoms with Crippen LogP contribution in [0.3, 0.4) is 0 Å². The first-order valence-electron chi connectivity index (χ1n) is 6.10. The molecule has 16 heavy (non-hydrogen) atoms. The topological polar surface area (TPSA) is 55.6 Å². The third-order valence-electron chi connectivity index (χ3n) is 3.42. The van der Waals surface area contributed by atoms with Crippen molar-refractivity contribution in [2.45, 2.75) is 45.3 Å². The third kappa shape index (κ3) is 2.48. The molecule has 1 heterocycles. The molecule has 2 rings (SSSR count). The van der Waals surface area contributed by atoms with E-state index in [2.05, 4.69) is 0 Å². The standard InChI is InChI=1S/C12H22N2O2/c1-12(2,3)16-11(15)14-7-9-4-8(9)5-10(14)6-13/h8-10H,4-7,13H2,1-3H3/t8?,9-,10?/m0/s1. The smallest absolute Gasteiger partial charge is 0.410 e. The van der Waals surface area contributed by atoms with Gasteiger partial charge in [-0.2, -0.15) is 0 Å². The summed E-state index contributed by atoms with van der Waals surface area (Å²) in [6.45, 7) is 7.06. The van der Waals surface area contributed by atoms with E-state index in [9.17, 15) is 4.79 Å². The predicted molar refractivity (Wildman–Crippen MR) is 62.0 cm³/mol. The minimum Gasteiger partial charge on any atom is -0.444 e. The van der Waals surface area contributed by atoms with Crippen LogP contribution < -0.4 is 5.73 Å². The fourth-order valence-corrected chi connectivity index (χ4v) is 2.47. The molecule has 0 aromatic carbocycles. The highest BCUT2D eigenvalue weighted by molar-refractivity contribution is 5.69.